The Bertz CT molecular complexity index is 527. The number of aryl methyl sites for hydroxylation is 3. The quantitative estimate of drug-likeness (QED) is 0.800. The van der Waals surface area contributed by atoms with Crippen molar-refractivity contribution in [2.24, 2.45) is 0 Å². The Morgan fingerprint density at radius 1 is 1.11 bits per heavy atom. The average Bonchev–Trinajstić information content (AvgIpc) is 2.57. The van der Waals surface area contributed by atoms with E-state index in [1.165, 1.54) is 0 Å². The summed E-state index contributed by atoms with van der Waals surface area (Å²) >= 11 is 0. The fourth-order valence-electron chi connectivity index (χ4n) is 2.02. The van der Waals surface area contributed by atoms with Crippen LogP contribution in [0.3, 0.4) is 0 Å². The fraction of sp³-hybridized carbons (Fsp3) is 0.533. The molecule has 2 rings (SSSR count). The first-order valence-corrected chi connectivity index (χ1v) is 6.61. The first kappa shape index (κ1) is 14.6. The molecule has 100 valence electrons. The van der Waals surface area contributed by atoms with Crippen LogP contribution in [0.2, 0.25) is 0 Å². The van der Waals surface area contributed by atoms with Gasteiger partial charge in [-0.15, -0.1) is 0 Å². The summed E-state index contributed by atoms with van der Waals surface area (Å²) in [6.45, 7) is 14.2. The van der Waals surface area contributed by atoms with Crippen LogP contribution in [0.4, 0.5) is 0 Å². The maximum Gasteiger partial charge on any atom is 0.149 e. The van der Waals surface area contributed by atoms with Crippen molar-refractivity contribution in [3.63, 3.8) is 0 Å². The van der Waals surface area contributed by atoms with Gasteiger partial charge in [0.05, 0.1) is 17.5 Å². The monoisotopic (exact) mass is 248 g/mol. The predicted octanol–water partition coefficient (Wildman–Crippen LogP) is 4.07. The molecule has 0 aromatic carbocycles. The summed E-state index contributed by atoms with van der Waals surface area (Å²) in [6, 6.07) is 0. The van der Waals surface area contributed by atoms with Crippen molar-refractivity contribution in [3.8, 4) is 5.75 Å². The molecule has 2 aromatic heterocycles. The van der Waals surface area contributed by atoms with E-state index in [0.717, 1.165) is 28.2 Å². The number of rotatable bonds is 2. The van der Waals surface area contributed by atoms with Gasteiger partial charge in [-0.25, -0.2) is 0 Å². The zero-order valence-electron chi connectivity index (χ0n) is 12.5. The highest BCUT2D eigenvalue weighted by atomic mass is 16.5. The molecule has 0 N–H and O–H groups in total. The van der Waals surface area contributed by atoms with Gasteiger partial charge in [-0.3, -0.25) is 4.98 Å². The molecule has 2 heterocycles. The topological polar surface area (TPSA) is 26.5 Å². The van der Waals surface area contributed by atoms with Crippen molar-refractivity contribution in [2.45, 2.75) is 54.6 Å². The van der Waals surface area contributed by atoms with E-state index in [0.29, 0.717) is 0 Å². The molecule has 0 radical (unpaired) electrons. The van der Waals surface area contributed by atoms with Gasteiger partial charge in [-0.1, -0.05) is 13.8 Å². The van der Waals surface area contributed by atoms with Crippen LogP contribution in [0.5, 0.6) is 5.75 Å². The van der Waals surface area contributed by atoms with E-state index in [-0.39, 0.29) is 6.10 Å². The molecule has 0 saturated heterocycles. The summed E-state index contributed by atoms with van der Waals surface area (Å²) in [5.41, 5.74) is 4.28. The van der Waals surface area contributed by atoms with Crippen molar-refractivity contribution in [2.75, 3.05) is 0 Å². The largest absolute Gasteiger partial charge is 0.488 e. The standard InChI is InChI=1S/C13H18N2O.C2H6/c1-8(2)16-13-9(3)6-15-7-10(4)14-11(5)12(13)15;1-2/h6-8H,1-5H3;1-2H3. The highest BCUT2D eigenvalue weighted by molar-refractivity contribution is 5.67. The third kappa shape index (κ3) is 2.84. The molecule has 0 aliphatic carbocycles. The smallest absolute Gasteiger partial charge is 0.149 e. The van der Waals surface area contributed by atoms with Gasteiger partial charge in [0.1, 0.15) is 11.3 Å². The SMILES string of the molecule is CC.Cc1cn2cc(C)c(OC(C)C)c2c(C)n1. The van der Waals surface area contributed by atoms with Gasteiger partial charge in [0.25, 0.3) is 0 Å². The normalized spacial score (nSPS) is 10.4. The number of aromatic nitrogens is 2. The summed E-state index contributed by atoms with van der Waals surface area (Å²) in [6.07, 6.45) is 4.31. The molecule has 0 aliphatic rings. The highest BCUT2D eigenvalue weighted by Gasteiger charge is 2.13. The zero-order chi connectivity index (χ0) is 13.9. The van der Waals surface area contributed by atoms with E-state index in [1.54, 1.807) is 0 Å². The molecule has 0 saturated carbocycles. The zero-order valence-corrected chi connectivity index (χ0v) is 12.5. The maximum atomic E-state index is 5.86. The molecule has 0 aliphatic heterocycles. The lowest BCUT2D eigenvalue weighted by Gasteiger charge is -2.11. The fourth-order valence-corrected chi connectivity index (χ4v) is 2.02. The maximum absolute atomic E-state index is 5.86. The molecule has 3 nitrogen and oxygen atoms in total. The molecular formula is C15H24N2O. The summed E-state index contributed by atoms with van der Waals surface area (Å²) in [5, 5.41) is 0. The highest BCUT2D eigenvalue weighted by Crippen LogP contribution is 2.29. The number of nitrogens with zero attached hydrogens (tertiary/aromatic N) is 2. The summed E-state index contributed by atoms with van der Waals surface area (Å²) in [4.78, 5) is 4.48. The number of ether oxygens (including phenoxy) is 1. The van der Waals surface area contributed by atoms with Gasteiger partial charge in [-0.05, 0) is 34.6 Å². The predicted molar refractivity (Wildman–Crippen MR) is 76.5 cm³/mol. The number of hydrogen-bond donors (Lipinski definition) is 0. The molecule has 3 heteroatoms. The molecule has 0 unspecified atom stereocenters. The van der Waals surface area contributed by atoms with Gasteiger partial charge in [-0.2, -0.15) is 0 Å². The minimum atomic E-state index is 0.186. The minimum Gasteiger partial charge on any atom is -0.488 e. The average molecular weight is 248 g/mol. The van der Waals surface area contributed by atoms with Crippen molar-refractivity contribution < 1.29 is 4.74 Å². The van der Waals surface area contributed by atoms with Crippen LogP contribution in [-0.2, 0) is 0 Å². The summed E-state index contributed by atoms with van der Waals surface area (Å²) < 4.78 is 7.96. The van der Waals surface area contributed by atoms with Gasteiger partial charge < -0.3 is 9.14 Å². The number of fused-ring (bicyclic) bond motifs is 1. The minimum absolute atomic E-state index is 0.186. The third-order valence-electron chi connectivity index (χ3n) is 2.53. The van der Waals surface area contributed by atoms with Crippen LogP contribution in [0.1, 0.15) is 44.6 Å². The van der Waals surface area contributed by atoms with E-state index in [9.17, 15) is 0 Å². The van der Waals surface area contributed by atoms with Crippen molar-refractivity contribution in [1.82, 2.24) is 9.38 Å². The Morgan fingerprint density at radius 3 is 2.28 bits per heavy atom. The van der Waals surface area contributed by atoms with Crippen LogP contribution in [-0.4, -0.2) is 15.5 Å². The molecule has 2 aromatic rings. The first-order valence-electron chi connectivity index (χ1n) is 6.61. The lowest BCUT2D eigenvalue weighted by Crippen LogP contribution is -2.06. The van der Waals surface area contributed by atoms with Gasteiger partial charge in [0.15, 0.2) is 0 Å². The second-order valence-corrected chi connectivity index (χ2v) is 4.53. The Balaban J connectivity index is 0.000000771. The van der Waals surface area contributed by atoms with E-state index < -0.39 is 0 Å². The molecule has 0 spiro atoms. The molecule has 0 amide bonds. The Kier molecular flexibility index (Phi) is 4.76. The molecule has 0 fully saturated rings. The lowest BCUT2D eigenvalue weighted by atomic mass is 10.3. The van der Waals surface area contributed by atoms with E-state index in [2.05, 4.69) is 22.5 Å². The molecule has 0 bridgehead atoms. The van der Waals surface area contributed by atoms with Crippen molar-refractivity contribution in [1.29, 1.82) is 0 Å². The van der Waals surface area contributed by atoms with Gasteiger partial charge in [0.2, 0.25) is 0 Å². The molecular weight excluding hydrogens is 224 g/mol. The Hall–Kier alpha value is -1.51. The van der Waals surface area contributed by atoms with E-state index in [4.69, 9.17) is 4.74 Å². The van der Waals surface area contributed by atoms with Crippen LogP contribution in [0.25, 0.3) is 5.52 Å². The van der Waals surface area contributed by atoms with Crippen molar-refractivity contribution in [3.05, 3.63) is 29.3 Å². The first-order chi connectivity index (χ1) is 8.49. The second-order valence-electron chi connectivity index (χ2n) is 4.53. The van der Waals surface area contributed by atoms with Crippen LogP contribution in [0, 0.1) is 20.8 Å². The number of hydrogen-bond acceptors (Lipinski definition) is 2. The Labute approximate surface area is 110 Å². The van der Waals surface area contributed by atoms with Gasteiger partial charge in [0, 0.05) is 18.0 Å². The van der Waals surface area contributed by atoms with E-state index >= 15 is 0 Å². The summed E-state index contributed by atoms with van der Waals surface area (Å²) in [5.74, 6) is 0.958. The van der Waals surface area contributed by atoms with E-state index in [1.807, 2.05) is 47.7 Å². The van der Waals surface area contributed by atoms with Crippen molar-refractivity contribution >= 4 is 5.52 Å². The second kappa shape index (κ2) is 5.89. The summed E-state index contributed by atoms with van der Waals surface area (Å²) in [7, 11) is 0. The third-order valence-corrected chi connectivity index (χ3v) is 2.53. The molecule has 18 heavy (non-hydrogen) atoms. The lowest BCUT2D eigenvalue weighted by molar-refractivity contribution is 0.244. The van der Waals surface area contributed by atoms with Crippen LogP contribution in [0.15, 0.2) is 12.4 Å². The Morgan fingerprint density at radius 2 is 1.72 bits per heavy atom. The molecule has 0 atom stereocenters. The van der Waals surface area contributed by atoms with Crippen LogP contribution >= 0.6 is 0 Å². The van der Waals surface area contributed by atoms with Crippen LogP contribution < -0.4 is 4.74 Å². The van der Waals surface area contributed by atoms with Gasteiger partial charge >= 0.3 is 0 Å².